The molecule has 0 unspecified atom stereocenters. The normalized spacial score (nSPS) is 10.6. The maximum absolute atomic E-state index is 6.16. The molecule has 100 valence electrons. The van der Waals surface area contributed by atoms with E-state index in [4.69, 9.17) is 29.0 Å². The Hall–Kier alpha value is -1.36. The number of halogens is 2. The number of nitrogens with two attached hydrogens (primary N) is 1. The second kappa shape index (κ2) is 5.74. The first-order valence-electron chi connectivity index (χ1n) is 5.86. The van der Waals surface area contributed by atoms with Gasteiger partial charge in [0.2, 0.25) is 0 Å². The Kier molecular flexibility index (Phi) is 4.24. The highest BCUT2D eigenvalue weighted by atomic mass is 35.5. The molecule has 0 amide bonds. The van der Waals surface area contributed by atoms with Crippen LogP contribution < -0.4 is 11.3 Å². The lowest BCUT2D eigenvalue weighted by atomic mass is 10.1. The predicted molar refractivity (Wildman–Crippen MR) is 79.4 cm³/mol. The Bertz CT molecular complexity index is 614. The third kappa shape index (κ3) is 2.81. The molecule has 1 aromatic carbocycles. The zero-order valence-corrected chi connectivity index (χ0v) is 12.2. The van der Waals surface area contributed by atoms with Crippen molar-refractivity contribution in [2.75, 3.05) is 5.43 Å². The molecule has 3 N–H and O–H groups in total. The molecule has 0 saturated carbocycles. The van der Waals surface area contributed by atoms with Crippen molar-refractivity contribution in [2.45, 2.75) is 20.3 Å². The molecule has 0 atom stereocenters. The Morgan fingerprint density at radius 1 is 1.26 bits per heavy atom. The SMILES string of the molecule is CCc1c(C)nc(-c2cc(Cl)ccc2Cl)nc1NN. The summed E-state index contributed by atoms with van der Waals surface area (Å²) in [7, 11) is 0. The summed E-state index contributed by atoms with van der Waals surface area (Å²) in [5.41, 5.74) is 5.16. The fourth-order valence-electron chi connectivity index (χ4n) is 1.93. The molecule has 0 saturated heterocycles. The van der Waals surface area contributed by atoms with Crippen LogP contribution in [0, 0.1) is 6.92 Å². The van der Waals surface area contributed by atoms with E-state index < -0.39 is 0 Å². The molecule has 1 aromatic heterocycles. The highest BCUT2D eigenvalue weighted by Gasteiger charge is 2.13. The maximum atomic E-state index is 6.16. The average Bonchev–Trinajstić information content (AvgIpc) is 2.40. The van der Waals surface area contributed by atoms with Gasteiger partial charge in [-0.05, 0) is 31.5 Å². The monoisotopic (exact) mass is 296 g/mol. The van der Waals surface area contributed by atoms with Crippen molar-refractivity contribution in [3.05, 3.63) is 39.5 Å². The van der Waals surface area contributed by atoms with Crippen LogP contribution in [0.25, 0.3) is 11.4 Å². The standard InChI is InChI=1S/C13H14Cl2N4/c1-3-9-7(2)17-12(18-13(9)19-16)10-6-8(14)4-5-11(10)15/h4-6H,3,16H2,1-2H3,(H,17,18,19). The first-order valence-corrected chi connectivity index (χ1v) is 6.62. The van der Waals surface area contributed by atoms with Crippen molar-refractivity contribution in [3.8, 4) is 11.4 Å². The quantitative estimate of drug-likeness (QED) is 0.671. The number of nitrogens with one attached hydrogen (secondary N) is 1. The van der Waals surface area contributed by atoms with Crippen molar-refractivity contribution in [1.29, 1.82) is 0 Å². The minimum absolute atomic E-state index is 0.509. The van der Waals surface area contributed by atoms with Gasteiger partial charge >= 0.3 is 0 Å². The number of hydrogen-bond donors (Lipinski definition) is 2. The molecule has 0 radical (unpaired) electrons. The van der Waals surface area contributed by atoms with Crippen LogP contribution in [-0.2, 0) is 6.42 Å². The lowest BCUT2D eigenvalue weighted by Crippen LogP contribution is -2.13. The van der Waals surface area contributed by atoms with Gasteiger partial charge in [0.25, 0.3) is 0 Å². The van der Waals surface area contributed by atoms with Crippen LogP contribution in [0.3, 0.4) is 0 Å². The van der Waals surface area contributed by atoms with Gasteiger partial charge in [0.05, 0.1) is 5.02 Å². The van der Waals surface area contributed by atoms with Crippen molar-refractivity contribution in [1.82, 2.24) is 9.97 Å². The number of hydrazine groups is 1. The van der Waals surface area contributed by atoms with Crippen LogP contribution in [0.15, 0.2) is 18.2 Å². The molecular weight excluding hydrogens is 283 g/mol. The highest BCUT2D eigenvalue weighted by molar-refractivity contribution is 6.35. The van der Waals surface area contributed by atoms with E-state index in [0.29, 0.717) is 27.3 Å². The van der Waals surface area contributed by atoms with Crippen LogP contribution >= 0.6 is 23.2 Å². The maximum Gasteiger partial charge on any atom is 0.163 e. The van der Waals surface area contributed by atoms with Gasteiger partial charge < -0.3 is 5.43 Å². The fraction of sp³-hybridized carbons (Fsp3) is 0.231. The van der Waals surface area contributed by atoms with Gasteiger partial charge in [-0.25, -0.2) is 15.8 Å². The van der Waals surface area contributed by atoms with Gasteiger partial charge in [0.1, 0.15) is 5.82 Å². The predicted octanol–water partition coefficient (Wildman–Crippen LogP) is 3.61. The summed E-state index contributed by atoms with van der Waals surface area (Å²) in [6.45, 7) is 3.95. The van der Waals surface area contributed by atoms with Crippen LogP contribution in [0.1, 0.15) is 18.2 Å². The summed E-state index contributed by atoms with van der Waals surface area (Å²) in [4.78, 5) is 8.88. The van der Waals surface area contributed by atoms with Gasteiger partial charge in [-0.2, -0.15) is 0 Å². The minimum atomic E-state index is 0.509. The fourth-order valence-corrected chi connectivity index (χ4v) is 2.30. The third-order valence-electron chi connectivity index (χ3n) is 2.87. The average molecular weight is 297 g/mol. The zero-order chi connectivity index (χ0) is 14.0. The van der Waals surface area contributed by atoms with Crippen molar-refractivity contribution >= 4 is 29.0 Å². The van der Waals surface area contributed by atoms with Gasteiger partial charge in [0, 0.05) is 21.8 Å². The summed E-state index contributed by atoms with van der Waals surface area (Å²) in [6.07, 6.45) is 0.801. The molecule has 4 nitrogen and oxygen atoms in total. The van der Waals surface area contributed by atoms with Gasteiger partial charge in [-0.15, -0.1) is 0 Å². The molecule has 0 aliphatic heterocycles. The van der Waals surface area contributed by atoms with E-state index >= 15 is 0 Å². The summed E-state index contributed by atoms with van der Waals surface area (Å²) < 4.78 is 0. The summed E-state index contributed by atoms with van der Waals surface area (Å²) >= 11 is 12.1. The second-order valence-corrected chi connectivity index (χ2v) is 4.93. The molecule has 1 heterocycles. The molecule has 19 heavy (non-hydrogen) atoms. The van der Waals surface area contributed by atoms with Gasteiger partial charge in [-0.3, -0.25) is 0 Å². The van der Waals surface area contributed by atoms with E-state index in [1.807, 2.05) is 13.8 Å². The van der Waals surface area contributed by atoms with Crippen molar-refractivity contribution in [2.24, 2.45) is 5.84 Å². The smallest absolute Gasteiger partial charge is 0.163 e. The molecule has 0 aliphatic carbocycles. The van der Waals surface area contributed by atoms with E-state index in [0.717, 1.165) is 17.7 Å². The number of anilines is 1. The number of rotatable bonds is 3. The van der Waals surface area contributed by atoms with E-state index in [1.54, 1.807) is 18.2 Å². The lowest BCUT2D eigenvalue weighted by Gasteiger charge is -2.12. The Morgan fingerprint density at radius 3 is 2.63 bits per heavy atom. The molecule has 0 bridgehead atoms. The summed E-state index contributed by atoms with van der Waals surface area (Å²) in [5, 5.41) is 1.14. The van der Waals surface area contributed by atoms with Gasteiger partial charge in [0.15, 0.2) is 5.82 Å². The number of nitrogens with zero attached hydrogens (tertiary/aromatic N) is 2. The highest BCUT2D eigenvalue weighted by Crippen LogP contribution is 2.30. The van der Waals surface area contributed by atoms with E-state index in [-0.39, 0.29) is 0 Å². The molecule has 0 fully saturated rings. The summed E-state index contributed by atoms with van der Waals surface area (Å²) in [5.74, 6) is 6.63. The third-order valence-corrected chi connectivity index (χ3v) is 3.44. The van der Waals surface area contributed by atoms with Crippen LogP contribution in [0.2, 0.25) is 10.0 Å². The van der Waals surface area contributed by atoms with Crippen LogP contribution in [-0.4, -0.2) is 9.97 Å². The van der Waals surface area contributed by atoms with E-state index in [1.165, 1.54) is 0 Å². The second-order valence-electron chi connectivity index (χ2n) is 4.08. The van der Waals surface area contributed by atoms with Crippen LogP contribution in [0.4, 0.5) is 5.82 Å². The largest absolute Gasteiger partial charge is 0.308 e. The molecular formula is C13H14Cl2N4. The number of hydrogen-bond acceptors (Lipinski definition) is 4. The number of benzene rings is 1. The zero-order valence-electron chi connectivity index (χ0n) is 10.7. The summed E-state index contributed by atoms with van der Waals surface area (Å²) in [6, 6.07) is 5.19. The first-order chi connectivity index (χ1) is 9.06. The van der Waals surface area contributed by atoms with E-state index in [9.17, 15) is 0 Å². The topological polar surface area (TPSA) is 63.8 Å². The van der Waals surface area contributed by atoms with E-state index in [2.05, 4.69) is 15.4 Å². The number of nitrogen functional groups attached to an aromatic ring is 1. The van der Waals surface area contributed by atoms with Crippen molar-refractivity contribution in [3.63, 3.8) is 0 Å². The Labute approximate surface area is 121 Å². The molecule has 0 spiro atoms. The lowest BCUT2D eigenvalue weighted by molar-refractivity contribution is 0.995. The molecule has 6 heteroatoms. The Balaban J connectivity index is 2.63. The molecule has 2 aromatic rings. The number of aryl methyl sites for hydroxylation is 1. The molecule has 0 aliphatic rings. The minimum Gasteiger partial charge on any atom is -0.308 e. The first kappa shape index (κ1) is 14.1. The van der Waals surface area contributed by atoms with Crippen molar-refractivity contribution < 1.29 is 0 Å². The number of aromatic nitrogens is 2. The Morgan fingerprint density at radius 2 is 2.00 bits per heavy atom. The van der Waals surface area contributed by atoms with Gasteiger partial charge in [-0.1, -0.05) is 30.1 Å². The molecule has 2 rings (SSSR count). The van der Waals surface area contributed by atoms with Crippen LogP contribution in [0.5, 0.6) is 0 Å².